The van der Waals surface area contributed by atoms with Crippen molar-refractivity contribution >= 4 is 0 Å². The van der Waals surface area contributed by atoms with Crippen molar-refractivity contribution in [1.29, 1.82) is 0 Å². The van der Waals surface area contributed by atoms with Crippen molar-refractivity contribution in [2.45, 2.75) is 40.3 Å². The molecule has 0 aliphatic heterocycles. The van der Waals surface area contributed by atoms with Gasteiger partial charge >= 0.3 is 0 Å². The Labute approximate surface area is 125 Å². The summed E-state index contributed by atoms with van der Waals surface area (Å²) in [6, 6.07) is 10.1. The SMILES string of the molecule is CCCNCc1cc(-c2ccc(C)cc2)nn(CC)c1=O. The van der Waals surface area contributed by atoms with Gasteiger partial charge in [0, 0.05) is 24.2 Å². The van der Waals surface area contributed by atoms with Crippen LogP contribution in [0.2, 0.25) is 0 Å². The smallest absolute Gasteiger partial charge is 0.271 e. The largest absolute Gasteiger partial charge is 0.312 e. The summed E-state index contributed by atoms with van der Waals surface area (Å²) in [7, 11) is 0. The quantitative estimate of drug-likeness (QED) is 0.830. The van der Waals surface area contributed by atoms with E-state index in [-0.39, 0.29) is 5.56 Å². The van der Waals surface area contributed by atoms with Crippen molar-refractivity contribution < 1.29 is 0 Å². The van der Waals surface area contributed by atoms with Crippen LogP contribution in [0.5, 0.6) is 0 Å². The van der Waals surface area contributed by atoms with Crippen LogP contribution in [-0.2, 0) is 13.1 Å². The van der Waals surface area contributed by atoms with E-state index in [4.69, 9.17) is 0 Å². The molecule has 0 radical (unpaired) electrons. The average molecular weight is 285 g/mol. The fraction of sp³-hybridized carbons (Fsp3) is 0.412. The van der Waals surface area contributed by atoms with Crippen molar-refractivity contribution in [2.75, 3.05) is 6.54 Å². The van der Waals surface area contributed by atoms with Gasteiger partial charge in [0.05, 0.1) is 5.69 Å². The molecule has 1 heterocycles. The molecule has 0 fully saturated rings. The number of hydrogen-bond acceptors (Lipinski definition) is 3. The highest BCUT2D eigenvalue weighted by molar-refractivity contribution is 5.59. The minimum Gasteiger partial charge on any atom is -0.312 e. The Morgan fingerprint density at radius 3 is 2.52 bits per heavy atom. The van der Waals surface area contributed by atoms with Crippen LogP contribution in [-0.4, -0.2) is 16.3 Å². The summed E-state index contributed by atoms with van der Waals surface area (Å²) in [6.45, 7) is 8.20. The highest BCUT2D eigenvalue weighted by atomic mass is 16.1. The van der Waals surface area contributed by atoms with Crippen LogP contribution in [0.4, 0.5) is 0 Å². The molecule has 0 aliphatic carbocycles. The van der Waals surface area contributed by atoms with Gasteiger partial charge in [0.2, 0.25) is 0 Å². The predicted molar refractivity (Wildman–Crippen MR) is 86.3 cm³/mol. The molecule has 0 aliphatic rings. The van der Waals surface area contributed by atoms with Gasteiger partial charge in [0.1, 0.15) is 0 Å². The van der Waals surface area contributed by atoms with Gasteiger partial charge in [-0.15, -0.1) is 0 Å². The van der Waals surface area contributed by atoms with E-state index in [0.717, 1.165) is 29.8 Å². The molecule has 1 N–H and O–H groups in total. The van der Waals surface area contributed by atoms with E-state index >= 15 is 0 Å². The van der Waals surface area contributed by atoms with Crippen molar-refractivity contribution in [1.82, 2.24) is 15.1 Å². The standard InChI is InChI=1S/C17H23N3O/c1-4-10-18-12-15-11-16(19-20(5-2)17(15)21)14-8-6-13(3)7-9-14/h6-9,11,18H,4-5,10,12H2,1-3H3. The number of hydrogen-bond donors (Lipinski definition) is 1. The summed E-state index contributed by atoms with van der Waals surface area (Å²) in [5.74, 6) is 0. The molecule has 0 amide bonds. The number of aromatic nitrogens is 2. The molecule has 0 saturated heterocycles. The van der Waals surface area contributed by atoms with Gasteiger partial charge in [-0.25, -0.2) is 4.68 Å². The Hall–Kier alpha value is -1.94. The lowest BCUT2D eigenvalue weighted by Crippen LogP contribution is -2.29. The summed E-state index contributed by atoms with van der Waals surface area (Å²) in [5.41, 5.74) is 3.88. The van der Waals surface area contributed by atoms with E-state index in [1.54, 1.807) is 0 Å². The molecule has 2 aromatic rings. The van der Waals surface area contributed by atoms with Crippen LogP contribution in [0.1, 0.15) is 31.4 Å². The molecule has 21 heavy (non-hydrogen) atoms. The summed E-state index contributed by atoms with van der Waals surface area (Å²) in [6.07, 6.45) is 1.05. The number of nitrogens with zero attached hydrogens (tertiary/aromatic N) is 2. The number of aryl methyl sites for hydroxylation is 2. The van der Waals surface area contributed by atoms with Crippen LogP contribution in [0.15, 0.2) is 35.1 Å². The van der Waals surface area contributed by atoms with Gasteiger partial charge < -0.3 is 5.32 Å². The lowest BCUT2D eigenvalue weighted by atomic mass is 10.1. The first-order chi connectivity index (χ1) is 10.2. The first-order valence-corrected chi connectivity index (χ1v) is 7.54. The maximum atomic E-state index is 12.3. The fourth-order valence-electron chi connectivity index (χ4n) is 2.20. The first-order valence-electron chi connectivity index (χ1n) is 7.54. The molecular formula is C17H23N3O. The van der Waals surface area contributed by atoms with Gasteiger partial charge in [-0.3, -0.25) is 4.79 Å². The molecule has 0 atom stereocenters. The first kappa shape index (κ1) is 15.4. The summed E-state index contributed by atoms with van der Waals surface area (Å²) >= 11 is 0. The second kappa shape index (κ2) is 7.18. The Balaban J connectivity index is 2.39. The number of benzene rings is 1. The third-order valence-corrected chi connectivity index (χ3v) is 3.44. The Bertz CT molecular complexity index is 644. The van der Waals surface area contributed by atoms with Crippen molar-refractivity contribution in [2.24, 2.45) is 0 Å². The average Bonchev–Trinajstić information content (AvgIpc) is 2.50. The molecule has 0 unspecified atom stereocenters. The van der Waals surface area contributed by atoms with Gasteiger partial charge in [-0.05, 0) is 32.9 Å². The molecule has 1 aromatic carbocycles. The molecule has 2 rings (SSSR count). The third kappa shape index (κ3) is 3.79. The fourth-order valence-corrected chi connectivity index (χ4v) is 2.20. The van der Waals surface area contributed by atoms with Crippen LogP contribution < -0.4 is 10.9 Å². The van der Waals surface area contributed by atoms with E-state index in [1.165, 1.54) is 10.2 Å². The second-order valence-electron chi connectivity index (χ2n) is 5.22. The zero-order valence-electron chi connectivity index (χ0n) is 13.0. The molecular weight excluding hydrogens is 262 g/mol. The van der Waals surface area contributed by atoms with Crippen LogP contribution in [0, 0.1) is 6.92 Å². The van der Waals surface area contributed by atoms with E-state index < -0.39 is 0 Å². The van der Waals surface area contributed by atoms with Crippen LogP contribution in [0.3, 0.4) is 0 Å². The van der Waals surface area contributed by atoms with E-state index in [1.807, 2.05) is 25.1 Å². The summed E-state index contributed by atoms with van der Waals surface area (Å²) in [4.78, 5) is 12.3. The summed E-state index contributed by atoms with van der Waals surface area (Å²) in [5, 5.41) is 7.75. The molecule has 0 saturated carbocycles. The molecule has 0 bridgehead atoms. The van der Waals surface area contributed by atoms with E-state index in [9.17, 15) is 4.79 Å². The van der Waals surface area contributed by atoms with Gasteiger partial charge in [-0.2, -0.15) is 5.10 Å². The number of rotatable bonds is 6. The van der Waals surface area contributed by atoms with Gasteiger partial charge in [-0.1, -0.05) is 36.8 Å². The maximum Gasteiger partial charge on any atom is 0.271 e. The van der Waals surface area contributed by atoms with E-state index in [0.29, 0.717) is 13.1 Å². The van der Waals surface area contributed by atoms with Crippen molar-refractivity contribution in [3.63, 3.8) is 0 Å². The maximum absolute atomic E-state index is 12.3. The van der Waals surface area contributed by atoms with Crippen LogP contribution in [0.25, 0.3) is 11.3 Å². The zero-order valence-corrected chi connectivity index (χ0v) is 13.0. The lowest BCUT2D eigenvalue weighted by molar-refractivity contribution is 0.596. The molecule has 112 valence electrons. The molecule has 1 aromatic heterocycles. The monoisotopic (exact) mass is 285 g/mol. The van der Waals surface area contributed by atoms with Crippen molar-refractivity contribution in [3.8, 4) is 11.3 Å². The van der Waals surface area contributed by atoms with Crippen molar-refractivity contribution in [3.05, 3.63) is 51.8 Å². The minimum absolute atomic E-state index is 0.00281. The lowest BCUT2D eigenvalue weighted by Gasteiger charge is -2.10. The Kier molecular flexibility index (Phi) is 5.28. The highest BCUT2D eigenvalue weighted by Gasteiger charge is 2.09. The second-order valence-corrected chi connectivity index (χ2v) is 5.22. The molecule has 0 spiro atoms. The van der Waals surface area contributed by atoms with Gasteiger partial charge in [0.25, 0.3) is 5.56 Å². The zero-order chi connectivity index (χ0) is 15.2. The highest BCUT2D eigenvalue weighted by Crippen LogP contribution is 2.17. The topological polar surface area (TPSA) is 46.9 Å². The Morgan fingerprint density at radius 1 is 1.19 bits per heavy atom. The number of nitrogens with one attached hydrogen (secondary N) is 1. The molecule has 4 heteroatoms. The van der Waals surface area contributed by atoms with Crippen LogP contribution >= 0.6 is 0 Å². The minimum atomic E-state index is -0.00281. The predicted octanol–water partition coefficient (Wildman–Crippen LogP) is 2.74. The third-order valence-electron chi connectivity index (χ3n) is 3.44. The van der Waals surface area contributed by atoms with E-state index in [2.05, 4.69) is 36.4 Å². The normalized spacial score (nSPS) is 10.8. The summed E-state index contributed by atoms with van der Waals surface area (Å²) < 4.78 is 1.54. The Morgan fingerprint density at radius 2 is 1.90 bits per heavy atom. The molecule has 4 nitrogen and oxygen atoms in total. The van der Waals surface area contributed by atoms with Gasteiger partial charge in [0.15, 0.2) is 0 Å².